The molecule has 1 unspecified atom stereocenters. The normalized spacial score (nSPS) is 34.6. The number of nitrogens with zero attached hydrogens (tertiary/aromatic N) is 1. The van der Waals surface area contributed by atoms with Crippen molar-refractivity contribution in [3.63, 3.8) is 0 Å². The van der Waals surface area contributed by atoms with Gasteiger partial charge in [-0.1, -0.05) is 16.3 Å². The van der Waals surface area contributed by atoms with Crippen molar-refractivity contribution in [3.8, 4) is 0 Å². The van der Waals surface area contributed by atoms with E-state index in [1.165, 1.54) is 6.07 Å². The van der Waals surface area contributed by atoms with Crippen LogP contribution in [0.15, 0.2) is 24.3 Å². The van der Waals surface area contributed by atoms with E-state index in [-0.39, 0.29) is 29.4 Å². The highest BCUT2D eigenvalue weighted by molar-refractivity contribution is 7.98. The van der Waals surface area contributed by atoms with Gasteiger partial charge in [0.2, 0.25) is 10.2 Å². The molecule has 7 heteroatoms. The largest absolute Gasteiger partial charge is 0.352 e. The maximum Gasteiger partial charge on any atom is 0.218 e. The third kappa shape index (κ3) is 1.82. The third-order valence-corrected chi connectivity index (χ3v) is 5.36. The highest BCUT2D eigenvalue weighted by atomic mass is 32.3. The van der Waals surface area contributed by atoms with Crippen LogP contribution in [-0.2, 0) is 14.4 Å². The van der Waals surface area contributed by atoms with Crippen LogP contribution in [0, 0.1) is 5.82 Å². The predicted molar refractivity (Wildman–Crippen MR) is 72.6 cm³/mol. The van der Waals surface area contributed by atoms with E-state index in [0.717, 1.165) is 0 Å². The summed E-state index contributed by atoms with van der Waals surface area (Å²) in [6.07, 6.45) is 0. The average molecular weight is 287 g/mol. The minimum Gasteiger partial charge on any atom is -0.352 e. The number of thiocarbonyl (C=S) groups is 1. The third-order valence-electron chi connectivity index (χ3n) is 3.31. The van der Waals surface area contributed by atoms with Crippen LogP contribution in [0.25, 0.3) is 0 Å². The smallest absolute Gasteiger partial charge is 0.218 e. The Balaban J connectivity index is 2.00. The maximum absolute atomic E-state index is 13.8. The van der Waals surface area contributed by atoms with Gasteiger partial charge in [-0.25, -0.2) is 4.39 Å². The number of anilines is 1. The van der Waals surface area contributed by atoms with Crippen molar-refractivity contribution in [2.75, 3.05) is 16.4 Å². The summed E-state index contributed by atoms with van der Waals surface area (Å²) in [6.45, 7) is 0. The number of halogens is 1. The first-order chi connectivity index (χ1) is 8.48. The number of para-hydroxylation sites is 1. The monoisotopic (exact) mass is 287 g/mol. The summed E-state index contributed by atoms with van der Waals surface area (Å²) in [5.74, 6) is -0.0827. The second-order valence-corrected chi connectivity index (χ2v) is 7.15. The Morgan fingerprint density at radius 3 is 2.89 bits per heavy atom. The minimum absolute atomic E-state index is 0.124. The molecule has 0 bridgehead atoms. The molecule has 3 atom stereocenters. The Kier molecular flexibility index (Phi) is 2.65. The zero-order valence-corrected chi connectivity index (χ0v) is 11.0. The molecule has 4 nitrogen and oxygen atoms in total. The van der Waals surface area contributed by atoms with Crippen molar-refractivity contribution >= 4 is 33.2 Å². The van der Waals surface area contributed by atoms with Crippen LogP contribution in [0.5, 0.6) is 0 Å². The summed E-state index contributed by atoms with van der Waals surface area (Å²) < 4.78 is 35.2. The second-order valence-electron chi connectivity index (χ2n) is 4.55. The average Bonchev–Trinajstić information content (AvgIpc) is 2.70. The summed E-state index contributed by atoms with van der Waals surface area (Å²) in [6, 6.07) is 5.90. The Labute approximate surface area is 110 Å². The van der Waals surface area contributed by atoms with Gasteiger partial charge in [-0.05, 0) is 24.4 Å². The highest BCUT2D eigenvalue weighted by Gasteiger charge is 2.54. The zero-order valence-electron chi connectivity index (χ0n) is 9.38. The first kappa shape index (κ1) is 12.0. The lowest BCUT2D eigenvalue weighted by Gasteiger charge is -2.22. The van der Waals surface area contributed by atoms with Crippen LogP contribution in [-0.4, -0.2) is 33.3 Å². The fraction of sp³-hybridized carbons (Fsp3) is 0.364. The van der Waals surface area contributed by atoms with Crippen LogP contribution in [0.4, 0.5) is 10.1 Å². The lowest BCUT2D eigenvalue weighted by molar-refractivity contribution is 0.502. The number of rotatable bonds is 1. The summed E-state index contributed by atoms with van der Waals surface area (Å²) >= 11 is 5.19. The number of fused-ring (bicyclic) bond motifs is 1. The second kappa shape index (κ2) is 3.97. The summed E-state index contributed by atoms with van der Waals surface area (Å²) in [4.78, 5) is 1.62. The topological polar surface area (TPSA) is 52.6 Å². The molecule has 2 N–H and O–H groups in total. The van der Waals surface area contributed by atoms with E-state index in [1.807, 2.05) is 0 Å². The van der Waals surface area contributed by atoms with E-state index in [1.54, 1.807) is 23.1 Å². The SMILES string of the molecule is O=[S+]1(O)C[C@@H]2[C@@H](C1)NC(=S)N2c1ccccc1F. The molecule has 2 aliphatic heterocycles. The Hall–Kier alpha value is -1.05. The molecule has 0 saturated carbocycles. The molecule has 2 aliphatic rings. The molecule has 0 aliphatic carbocycles. The van der Waals surface area contributed by atoms with Crippen molar-refractivity contribution in [2.45, 2.75) is 12.1 Å². The molecule has 0 aromatic heterocycles. The van der Waals surface area contributed by atoms with Gasteiger partial charge in [0, 0.05) is 0 Å². The molecule has 0 radical (unpaired) electrons. The van der Waals surface area contributed by atoms with E-state index < -0.39 is 10.2 Å². The van der Waals surface area contributed by atoms with Crippen LogP contribution >= 0.6 is 12.2 Å². The summed E-state index contributed by atoms with van der Waals surface area (Å²) in [7, 11) is -2.82. The fourth-order valence-electron chi connectivity index (χ4n) is 2.55. The quantitative estimate of drug-likeness (QED) is 0.601. The molecule has 1 aromatic rings. The Morgan fingerprint density at radius 2 is 2.17 bits per heavy atom. The Bertz CT molecular complexity index is 566. The standard InChI is InChI=1S/C11H11FN2O2S2/c12-7-3-1-2-4-9(7)14-10-6-18(15,16)5-8(10)13-11(14)17/h1-4,8,10H,5-6H2,(H-,13,15,16,17)/p+1/t8-,10-/m1/s1. The number of benzene rings is 1. The van der Waals surface area contributed by atoms with Gasteiger partial charge < -0.3 is 10.2 Å². The molecule has 96 valence electrons. The van der Waals surface area contributed by atoms with Crippen LogP contribution in [0.3, 0.4) is 0 Å². The first-order valence-corrected chi connectivity index (χ1v) is 7.80. The van der Waals surface area contributed by atoms with Crippen LogP contribution < -0.4 is 10.2 Å². The van der Waals surface area contributed by atoms with Gasteiger partial charge in [0.1, 0.15) is 17.9 Å². The molecule has 0 amide bonds. The maximum atomic E-state index is 13.8. The van der Waals surface area contributed by atoms with E-state index in [9.17, 15) is 13.2 Å². The number of hydrogen-bond acceptors (Lipinski definition) is 2. The lowest BCUT2D eigenvalue weighted by atomic mass is 10.1. The number of hydrogen-bond donors (Lipinski definition) is 2. The van der Waals surface area contributed by atoms with Gasteiger partial charge in [0.15, 0.2) is 16.6 Å². The van der Waals surface area contributed by atoms with Crippen molar-refractivity contribution < 1.29 is 13.2 Å². The van der Waals surface area contributed by atoms with Gasteiger partial charge in [-0.3, -0.25) is 0 Å². The molecule has 3 rings (SSSR count). The fourth-order valence-corrected chi connectivity index (χ4v) is 4.85. The molecule has 2 fully saturated rings. The van der Waals surface area contributed by atoms with Crippen molar-refractivity contribution in [2.24, 2.45) is 0 Å². The van der Waals surface area contributed by atoms with Crippen molar-refractivity contribution in [1.29, 1.82) is 0 Å². The molecule has 18 heavy (non-hydrogen) atoms. The number of nitrogens with one attached hydrogen (secondary N) is 1. The van der Waals surface area contributed by atoms with Gasteiger partial charge in [0.05, 0.1) is 5.69 Å². The van der Waals surface area contributed by atoms with Gasteiger partial charge in [-0.15, -0.1) is 0 Å². The van der Waals surface area contributed by atoms with Crippen LogP contribution in [0.1, 0.15) is 0 Å². The summed E-state index contributed by atoms with van der Waals surface area (Å²) in [5.41, 5.74) is 0.361. The van der Waals surface area contributed by atoms with Gasteiger partial charge >= 0.3 is 0 Å². The van der Waals surface area contributed by atoms with E-state index in [0.29, 0.717) is 10.8 Å². The van der Waals surface area contributed by atoms with E-state index in [4.69, 9.17) is 12.2 Å². The Morgan fingerprint density at radius 1 is 1.44 bits per heavy atom. The highest BCUT2D eigenvalue weighted by Crippen LogP contribution is 2.32. The van der Waals surface area contributed by atoms with Gasteiger partial charge in [-0.2, -0.15) is 4.55 Å². The molecule has 1 aromatic carbocycles. The lowest BCUT2D eigenvalue weighted by Crippen LogP contribution is -2.38. The molecule has 0 spiro atoms. The minimum atomic E-state index is -2.82. The molecular weight excluding hydrogens is 275 g/mol. The van der Waals surface area contributed by atoms with Gasteiger partial charge in [0.25, 0.3) is 0 Å². The predicted octanol–water partition coefficient (Wildman–Crippen LogP) is 1.24. The molecule has 2 heterocycles. The first-order valence-electron chi connectivity index (χ1n) is 5.54. The zero-order chi connectivity index (χ0) is 12.9. The van der Waals surface area contributed by atoms with E-state index in [2.05, 4.69) is 5.32 Å². The van der Waals surface area contributed by atoms with Crippen molar-refractivity contribution in [3.05, 3.63) is 30.1 Å². The van der Waals surface area contributed by atoms with Crippen LogP contribution in [0.2, 0.25) is 0 Å². The molecular formula is C11H12FN2O2S2+. The van der Waals surface area contributed by atoms with Crippen molar-refractivity contribution in [1.82, 2.24) is 5.32 Å². The molecule has 2 saturated heterocycles. The van der Waals surface area contributed by atoms with E-state index >= 15 is 0 Å². The summed E-state index contributed by atoms with van der Waals surface area (Å²) in [5, 5.41) is 3.42.